The molecule has 0 spiro atoms. The summed E-state index contributed by atoms with van der Waals surface area (Å²) in [6, 6.07) is 5.12. The molecule has 0 aliphatic carbocycles. The Morgan fingerprint density at radius 1 is 1.21 bits per heavy atom. The molecule has 0 N–H and O–H groups in total. The molecule has 0 unspecified atom stereocenters. The first-order valence-corrected chi connectivity index (χ1v) is 5.20. The maximum atomic E-state index is 5.85. The number of halogens is 4. The summed E-state index contributed by atoms with van der Waals surface area (Å²) in [4.78, 5) is 0. The van der Waals surface area contributed by atoms with Crippen LogP contribution in [-0.4, -0.2) is 6.61 Å². The van der Waals surface area contributed by atoms with E-state index in [1.807, 2.05) is 0 Å². The maximum absolute atomic E-state index is 5.85. The van der Waals surface area contributed by atoms with E-state index >= 15 is 0 Å². The van der Waals surface area contributed by atoms with Gasteiger partial charge in [0.2, 0.25) is 0 Å². The summed E-state index contributed by atoms with van der Waals surface area (Å²) in [5.74, 6) is 0.432. The number of hydrogen-bond donors (Lipinski definition) is 0. The maximum Gasteiger partial charge on any atom is 0.156 e. The highest BCUT2D eigenvalue weighted by Crippen LogP contribution is 2.32. The van der Waals surface area contributed by atoms with Crippen molar-refractivity contribution in [3.05, 3.63) is 38.8 Å². The molecule has 0 saturated carbocycles. The Kier molecular flexibility index (Phi) is 4.90. The van der Waals surface area contributed by atoms with Gasteiger partial charge in [0.25, 0.3) is 0 Å². The zero-order valence-corrected chi connectivity index (χ0v) is 9.96. The van der Waals surface area contributed by atoms with E-state index in [1.165, 1.54) is 6.08 Å². The van der Waals surface area contributed by atoms with Gasteiger partial charge in [0.05, 0.1) is 10.0 Å². The molecule has 14 heavy (non-hydrogen) atoms. The lowest BCUT2D eigenvalue weighted by molar-refractivity contribution is 0.363. The summed E-state index contributed by atoms with van der Waals surface area (Å²) >= 11 is 22.5. The third kappa shape index (κ3) is 3.58. The zero-order valence-electron chi connectivity index (χ0n) is 6.94. The van der Waals surface area contributed by atoms with Gasteiger partial charge >= 0.3 is 0 Å². The Morgan fingerprint density at radius 2 is 1.79 bits per heavy atom. The van der Waals surface area contributed by atoms with Crippen LogP contribution in [0, 0.1) is 0 Å². The van der Waals surface area contributed by atoms with E-state index in [1.54, 1.807) is 18.2 Å². The molecule has 1 aromatic carbocycles. The standard InChI is InChI=1S/C9H6Cl4O/c10-6-2-1-3-7(11)9(6)14-5-4-8(12)13/h1-4H,5H2. The van der Waals surface area contributed by atoms with Gasteiger partial charge < -0.3 is 4.74 Å². The van der Waals surface area contributed by atoms with Crippen molar-refractivity contribution < 1.29 is 4.74 Å². The van der Waals surface area contributed by atoms with Crippen LogP contribution in [0.5, 0.6) is 5.75 Å². The Balaban J connectivity index is 2.71. The monoisotopic (exact) mass is 270 g/mol. The van der Waals surface area contributed by atoms with Crippen molar-refractivity contribution >= 4 is 46.4 Å². The molecule has 5 heteroatoms. The topological polar surface area (TPSA) is 9.23 Å². The van der Waals surface area contributed by atoms with Gasteiger partial charge in [0, 0.05) is 0 Å². The van der Waals surface area contributed by atoms with Gasteiger partial charge in [-0.25, -0.2) is 0 Å². The first-order chi connectivity index (χ1) is 6.61. The smallest absolute Gasteiger partial charge is 0.156 e. The number of hydrogen-bond acceptors (Lipinski definition) is 1. The molecule has 0 saturated heterocycles. The van der Waals surface area contributed by atoms with Gasteiger partial charge in [0.15, 0.2) is 5.75 Å². The molecule has 0 amide bonds. The molecule has 1 rings (SSSR count). The van der Waals surface area contributed by atoms with Crippen molar-refractivity contribution in [3.63, 3.8) is 0 Å². The lowest BCUT2D eigenvalue weighted by Gasteiger charge is -2.06. The molecule has 0 aliphatic rings. The molecule has 0 heterocycles. The van der Waals surface area contributed by atoms with Crippen LogP contribution in [0.15, 0.2) is 28.8 Å². The summed E-state index contributed by atoms with van der Waals surface area (Å²) in [6.45, 7) is 0.228. The van der Waals surface area contributed by atoms with Crippen LogP contribution in [0.4, 0.5) is 0 Å². The fourth-order valence-corrected chi connectivity index (χ4v) is 1.44. The van der Waals surface area contributed by atoms with Crippen LogP contribution < -0.4 is 4.74 Å². The van der Waals surface area contributed by atoms with Crippen LogP contribution in [-0.2, 0) is 0 Å². The molecule has 76 valence electrons. The zero-order chi connectivity index (χ0) is 10.6. The van der Waals surface area contributed by atoms with Crippen molar-refractivity contribution in [2.24, 2.45) is 0 Å². The largest absolute Gasteiger partial charge is 0.486 e. The summed E-state index contributed by atoms with van der Waals surface area (Å²) in [5.41, 5.74) is 0. The van der Waals surface area contributed by atoms with Gasteiger partial charge in [-0.05, 0) is 18.2 Å². The molecule has 0 atom stereocenters. The summed E-state index contributed by atoms with van der Waals surface area (Å²) in [7, 11) is 0. The van der Waals surface area contributed by atoms with Crippen LogP contribution >= 0.6 is 46.4 Å². The van der Waals surface area contributed by atoms with Gasteiger partial charge in [-0.1, -0.05) is 52.5 Å². The summed E-state index contributed by atoms with van der Waals surface area (Å²) in [6.07, 6.45) is 1.50. The second kappa shape index (κ2) is 5.72. The molecule has 0 fully saturated rings. The van der Waals surface area contributed by atoms with Gasteiger partial charge in [0.1, 0.15) is 11.1 Å². The van der Waals surface area contributed by atoms with E-state index in [-0.39, 0.29) is 11.1 Å². The summed E-state index contributed by atoms with van der Waals surface area (Å²) in [5, 5.41) is 0.910. The predicted molar refractivity (Wildman–Crippen MR) is 61.7 cm³/mol. The van der Waals surface area contributed by atoms with Crippen molar-refractivity contribution in [1.82, 2.24) is 0 Å². The SMILES string of the molecule is ClC(Cl)=CCOc1c(Cl)cccc1Cl. The second-order valence-corrected chi connectivity index (χ2v) is 4.18. The number of para-hydroxylation sites is 1. The van der Waals surface area contributed by atoms with Crippen molar-refractivity contribution in [2.75, 3.05) is 6.61 Å². The first kappa shape index (κ1) is 12.0. The van der Waals surface area contributed by atoms with Gasteiger partial charge in [-0.15, -0.1) is 0 Å². The highest BCUT2D eigenvalue weighted by Gasteiger charge is 2.05. The fourth-order valence-electron chi connectivity index (χ4n) is 0.808. The van der Waals surface area contributed by atoms with Crippen LogP contribution in [0.1, 0.15) is 0 Å². The second-order valence-electron chi connectivity index (χ2n) is 2.36. The Hall–Kier alpha value is -0.0800. The Bertz CT molecular complexity index is 324. The number of rotatable bonds is 3. The highest BCUT2D eigenvalue weighted by molar-refractivity contribution is 6.55. The van der Waals surface area contributed by atoms with Gasteiger partial charge in [-0.3, -0.25) is 0 Å². The molecular weight excluding hydrogens is 266 g/mol. The molecule has 0 aromatic heterocycles. The quantitative estimate of drug-likeness (QED) is 0.775. The first-order valence-electron chi connectivity index (χ1n) is 3.69. The molecule has 1 aromatic rings. The minimum absolute atomic E-state index is 0.146. The third-order valence-corrected chi connectivity index (χ3v) is 2.29. The van der Waals surface area contributed by atoms with Crippen molar-refractivity contribution in [3.8, 4) is 5.75 Å². The van der Waals surface area contributed by atoms with Crippen LogP contribution in [0.3, 0.4) is 0 Å². The molecule has 0 bridgehead atoms. The Morgan fingerprint density at radius 3 is 2.29 bits per heavy atom. The van der Waals surface area contributed by atoms with E-state index in [9.17, 15) is 0 Å². The lowest BCUT2D eigenvalue weighted by Crippen LogP contribution is -1.94. The minimum Gasteiger partial charge on any atom is -0.486 e. The normalized spacial score (nSPS) is 9.71. The predicted octanol–water partition coefficient (Wildman–Crippen LogP) is 4.69. The fraction of sp³-hybridized carbons (Fsp3) is 0.111. The molecule has 1 nitrogen and oxygen atoms in total. The van der Waals surface area contributed by atoms with E-state index in [4.69, 9.17) is 51.1 Å². The average molecular weight is 272 g/mol. The lowest BCUT2D eigenvalue weighted by atomic mass is 10.3. The van der Waals surface area contributed by atoms with E-state index in [2.05, 4.69) is 0 Å². The van der Waals surface area contributed by atoms with E-state index in [0.29, 0.717) is 15.8 Å². The average Bonchev–Trinajstić information content (AvgIpc) is 2.09. The highest BCUT2D eigenvalue weighted by atomic mass is 35.5. The third-order valence-electron chi connectivity index (χ3n) is 1.38. The number of ether oxygens (including phenoxy) is 1. The molecule has 0 radical (unpaired) electrons. The Labute approximate surface area is 102 Å². The van der Waals surface area contributed by atoms with Crippen molar-refractivity contribution in [1.29, 1.82) is 0 Å². The van der Waals surface area contributed by atoms with E-state index < -0.39 is 0 Å². The summed E-state index contributed by atoms with van der Waals surface area (Å²) < 4.78 is 5.42. The van der Waals surface area contributed by atoms with Crippen LogP contribution in [0.25, 0.3) is 0 Å². The number of benzene rings is 1. The van der Waals surface area contributed by atoms with Crippen LogP contribution in [0.2, 0.25) is 10.0 Å². The molecule has 0 aliphatic heterocycles. The van der Waals surface area contributed by atoms with E-state index in [0.717, 1.165) is 0 Å². The molecular formula is C9H6Cl4O. The minimum atomic E-state index is 0.146. The van der Waals surface area contributed by atoms with Crippen molar-refractivity contribution in [2.45, 2.75) is 0 Å². The van der Waals surface area contributed by atoms with Gasteiger partial charge in [-0.2, -0.15) is 0 Å².